The lowest BCUT2D eigenvalue weighted by Gasteiger charge is -2.06. The van der Waals surface area contributed by atoms with E-state index in [1.54, 1.807) is 31.2 Å². The quantitative estimate of drug-likeness (QED) is 0.910. The lowest BCUT2D eigenvalue weighted by atomic mass is 10.2. The van der Waals surface area contributed by atoms with Crippen molar-refractivity contribution < 1.29 is 19.1 Å². The summed E-state index contributed by atoms with van der Waals surface area (Å²) in [6, 6.07) is 10.3. The maximum atomic E-state index is 10.8. The lowest BCUT2D eigenvalue weighted by molar-refractivity contribution is 0.0661. The fourth-order valence-electron chi connectivity index (χ4n) is 1.61. The molecule has 1 aromatic carbocycles. The zero-order chi connectivity index (χ0) is 13.8. The molecule has 0 atom stereocenters. The number of aryl methyl sites for hydroxylation is 1. The van der Waals surface area contributed by atoms with E-state index in [-0.39, 0.29) is 12.4 Å². The van der Waals surface area contributed by atoms with Crippen molar-refractivity contribution in [2.24, 2.45) is 0 Å². The first-order valence-electron chi connectivity index (χ1n) is 5.56. The highest BCUT2D eigenvalue weighted by Gasteiger charge is 2.13. The number of benzene rings is 1. The number of ether oxygens (including phenoxy) is 1. The first kappa shape index (κ1) is 12.7. The highest BCUT2D eigenvalue weighted by Crippen LogP contribution is 2.21. The highest BCUT2D eigenvalue weighted by atomic mass is 16.5. The van der Waals surface area contributed by atoms with Gasteiger partial charge in [0.05, 0.1) is 5.56 Å². The Morgan fingerprint density at radius 3 is 2.84 bits per heavy atom. The van der Waals surface area contributed by atoms with Gasteiger partial charge in [-0.05, 0) is 25.1 Å². The van der Waals surface area contributed by atoms with Gasteiger partial charge in [-0.2, -0.15) is 5.26 Å². The monoisotopic (exact) mass is 257 g/mol. The van der Waals surface area contributed by atoms with E-state index in [2.05, 4.69) is 0 Å². The van der Waals surface area contributed by atoms with E-state index in [4.69, 9.17) is 19.5 Å². The van der Waals surface area contributed by atoms with Crippen LogP contribution in [-0.2, 0) is 6.61 Å². The van der Waals surface area contributed by atoms with Gasteiger partial charge in [0.25, 0.3) is 0 Å². The summed E-state index contributed by atoms with van der Waals surface area (Å²) in [5, 5.41) is 17.7. The normalized spacial score (nSPS) is 9.89. The van der Waals surface area contributed by atoms with Crippen LogP contribution in [0, 0.1) is 18.3 Å². The number of furan rings is 1. The number of hydrogen-bond donors (Lipinski definition) is 1. The van der Waals surface area contributed by atoms with Gasteiger partial charge in [-0.25, -0.2) is 4.79 Å². The minimum Gasteiger partial charge on any atom is -0.487 e. The second kappa shape index (κ2) is 5.27. The predicted octanol–water partition coefficient (Wildman–Crippen LogP) is 2.74. The number of carbonyl (C=O) groups is 1. The zero-order valence-corrected chi connectivity index (χ0v) is 10.2. The van der Waals surface area contributed by atoms with Crippen LogP contribution in [0.2, 0.25) is 0 Å². The number of aromatic carboxylic acids is 1. The molecule has 0 aliphatic heterocycles. The van der Waals surface area contributed by atoms with E-state index in [0.717, 1.165) is 0 Å². The largest absolute Gasteiger partial charge is 0.487 e. The van der Waals surface area contributed by atoms with E-state index >= 15 is 0 Å². The molecule has 96 valence electrons. The van der Waals surface area contributed by atoms with Crippen molar-refractivity contribution >= 4 is 5.97 Å². The van der Waals surface area contributed by atoms with Gasteiger partial charge < -0.3 is 14.3 Å². The SMILES string of the molecule is Cc1oc(C(=O)O)cc1COc1ccccc1C#N. The van der Waals surface area contributed by atoms with Crippen LogP contribution in [0.15, 0.2) is 34.7 Å². The van der Waals surface area contributed by atoms with Gasteiger partial charge in [0, 0.05) is 5.56 Å². The van der Waals surface area contributed by atoms with Crippen molar-refractivity contribution in [2.75, 3.05) is 0 Å². The van der Waals surface area contributed by atoms with Crippen LogP contribution in [0.4, 0.5) is 0 Å². The van der Waals surface area contributed by atoms with Gasteiger partial charge >= 0.3 is 5.97 Å². The van der Waals surface area contributed by atoms with E-state index in [0.29, 0.717) is 22.6 Å². The van der Waals surface area contributed by atoms with Gasteiger partial charge in [0.2, 0.25) is 5.76 Å². The van der Waals surface area contributed by atoms with E-state index in [1.807, 2.05) is 6.07 Å². The molecule has 0 amide bonds. The summed E-state index contributed by atoms with van der Waals surface area (Å²) in [6.45, 7) is 1.82. The maximum Gasteiger partial charge on any atom is 0.371 e. The summed E-state index contributed by atoms with van der Waals surface area (Å²) in [7, 11) is 0. The molecule has 1 N–H and O–H groups in total. The van der Waals surface area contributed by atoms with Gasteiger partial charge in [-0.15, -0.1) is 0 Å². The summed E-state index contributed by atoms with van der Waals surface area (Å²) >= 11 is 0. The molecule has 19 heavy (non-hydrogen) atoms. The molecule has 0 saturated carbocycles. The lowest BCUT2D eigenvalue weighted by Crippen LogP contribution is -1.97. The highest BCUT2D eigenvalue weighted by molar-refractivity contribution is 5.84. The maximum absolute atomic E-state index is 10.8. The molecule has 1 heterocycles. The first-order chi connectivity index (χ1) is 9.11. The third kappa shape index (κ3) is 2.75. The number of nitrogens with zero attached hydrogens (tertiary/aromatic N) is 1. The minimum absolute atomic E-state index is 0.121. The zero-order valence-electron chi connectivity index (χ0n) is 10.2. The Hall–Kier alpha value is -2.74. The van der Waals surface area contributed by atoms with Crippen LogP contribution >= 0.6 is 0 Å². The van der Waals surface area contributed by atoms with Gasteiger partial charge in [0.1, 0.15) is 24.2 Å². The van der Waals surface area contributed by atoms with Crippen LogP contribution in [-0.4, -0.2) is 11.1 Å². The van der Waals surface area contributed by atoms with Crippen LogP contribution < -0.4 is 4.74 Å². The molecule has 2 rings (SSSR count). The second-order valence-corrected chi connectivity index (χ2v) is 3.89. The molecule has 2 aromatic rings. The van der Waals surface area contributed by atoms with Crippen molar-refractivity contribution in [3.05, 3.63) is 53.0 Å². The number of rotatable bonds is 4. The molecule has 5 nitrogen and oxygen atoms in total. The predicted molar refractivity (Wildman–Crippen MR) is 65.9 cm³/mol. The number of para-hydroxylation sites is 1. The molecule has 5 heteroatoms. The standard InChI is InChI=1S/C14H11NO4/c1-9-11(6-13(19-9)14(16)17)8-18-12-5-3-2-4-10(12)7-15/h2-6H,8H2,1H3,(H,16,17). The van der Waals surface area contributed by atoms with Crippen LogP contribution in [0.3, 0.4) is 0 Å². The third-order valence-corrected chi connectivity index (χ3v) is 2.62. The Bertz CT molecular complexity index is 652. The summed E-state index contributed by atoms with van der Waals surface area (Å²) in [5.41, 5.74) is 1.08. The molecule has 0 radical (unpaired) electrons. The van der Waals surface area contributed by atoms with E-state index < -0.39 is 5.97 Å². The molecule has 0 bridgehead atoms. The number of nitriles is 1. The average Bonchev–Trinajstić information content (AvgIpc) is 2.78. The van der Waals surface area contributed by atoms with Crippen LogP contribution in [0.1, 0.15) is 27.4 Å². The Morgan fingerprint density at radius 2 is 2.21 bits per heavy atom. The fourth-order valence-corrected chi connectivity index (χ4v) is 1.61. The number of hydrogen-bond acceptors (Lipinski definition) is 4. The Kier molecular flexibility index (Phi) is 3.53. The first-order valence-corrected chi connectivity index (χ1v) is 5.56. The molecular formula is C14H11NO4. The van der Waals surface area contributed by atoms with Gasteiger partial charge in [0.15, 0.2) is 0 Å². The Morgan fingerprint density at radius 1 is 1.47 bits per heavy atom. The van der Waals surface area contributed by atoms with Crippen LogP contribution in [0.5, 0.6) is 5.75 Å². The van der Waals surface area contributed by atoms with Crippen molar-refractivity contribution in [3.63, 3.8) is 0 Å². The molecule has 0 unspecified atom stereocenters. The average molecular weight is 257 g/mol. The Labute approximate surface area is 109 Å². The second-order valence-electron chi connectivity index (χ2n) is 3.89. The molecule has 1 aromatic heterocycles. The van der Waals surface area contributed by atoms with Crippen molar-refractivity contribution in [3.8, 4) is 11.8 Å². The summed E-state index contributed by atoms with van der Waals surface area (Å²) in [5.74, 6) is -0.286. The Balaban J connectivity index is 2.15. The topological polar surface area (TPSA) is 83.5 Å². The van der Waals surface area contributed by atoms with Gasteiger partial charge in [-0.1, -0.05) is 12.1 Å². The van der Waals surface area contributed by atoms with Crippen molar-refractivity contribution in [2.45, 2.75) is 13.5 Å². The van der Waals surface area contributed by atoms with E-state index in [1.165, 1.54) is 6.07 Å². The third-order valence-electron chi connectivity index (χ3n) is 2.62. The molecule has 0 aliphatic carbocycles. The molecular weight excluding hydrogens is 246 g/mol. The van der Waals surface area contributed by atoms with Crippen LogP contribution in [0.25, 0.3) is 0 Å². The molecule has 0 fully saturated rings. The van der Waals surface area contributed by atoms with Gasteiger partial charge in [-0.3, -0.25) is 0 Å². The fraction of sp³-hybridized carbons (Fsp3) is 0.143. The molecule has 0 spiro atoms. The van der Waals surface area contributed by atoms with Crippen molar-refractivity contribution in [1.29, 1.82) is 5.26 Å². The molecule has 0 saturated heterocycles. The summed E-state index contributed by atoms with van der Waals surface area (Å²) < 4.78 is 10.6. The molecule has 0 aliphatic rings. The van der Waals surface area contributed by atoms with Crippen molar-refractivity contribution in [1.82, 2.24) is 0 Å². The number of carboxylic acids is 1. The smallest absolute Gasteiger partial charge is 0.371 e. The summed E-state index contributed by atoms with van der Waals surface area (Å²) in [6.07, 6.45) is 0. The summed E-state index contributed by atoms with van der Waals surface area (Å²) in [4.78, 5) is 10.8. The van der Waals surface area contributed by atoms with E-state index in [9.17, 15) is 4.79 Å². The minimum atomic E-state index is -1.12. The number of carboxylic acid groups (broad SMARTS) is 1.